The normalized spacial score (nSPS) is 19.4. The van der Waals surface area contributed by atoms with Crippen LogP contribution in [0.1, 0.15) is 12.0 Å². The van der Waals surface area contributed by atoms with Gasteiger partial charge in [0.2, 0.25) is 11.1 Å². The number of benzene rings is 1. The molecule has 0 radical (unpaired) electrons. The van der Waals surface area contributed by atoms with Crippen molar-refractivity contribution in [1.82, 2.24) is 36.2 Å². The van der Waals surface area contributed by atoms with E-state index in [4.69, 9.17) is 16.6 Å². The Hall–Kier alpha value is -4.36. The van der Waals surface area contributed by atoms with Crippen LogP contribution in [0.4, 0.5) is 10.5 Å². The standard InChI is InChI=1S/C22H26N10O7S2/c23-16(20(37)38)26-10-3-1-9(2-4-10)7-13(33)27-14-17(34)32-15(19(35)36)11(8-40-18(14)32)12(5-6-25-21(24)39)41-22-28-30-31-29-22/h1-4,12,14,16,18,26H,5-8,23H2,(H,27,33)(H,35,36)(H,37,38)(H3,24,25,39)(H,28,29,30,31)/t12?,14?,16?,18-/m0/s1. The maximum Gasteiger partial charge on any atom is 0.352 e. The van der Waals surface area contributed by atoms with Gasteiger partial charge in [0, 0.05) is 23.2 Å². The van der Waals surface area contributed by atoms with Gasteiger partial charge in [-0.1, -0.05) is 23.9 Å². The highest BCUT2D eigenvalue weighted by atomic mass is 32.2. The summed E-state index contributed by atoms with van der Waals surface area (Å²) in [5.41, 5.74) is 11.9. The number of nitrogens with one attached hydrogen (secondary N) is 4. The van der Waals surface area contributed by atoms with E-state index in [2.05, 4.69) is 36.6 Å². The third kappa shape index (κ3) is 7.05. The molecule has 3 unspecified atom stereocenters. The minimum atomic E-state index is -1.30. The summed E-state index contributed by atoms with van der Waals surface area (Å²) in [7, 11) is 0. The molecular weight excluding hydrogens is 580 g/mol. The highest BCUT2D eigenvalue weighted by Crippen LogP contribution is 2.44. The molecule has 4 rings (SSSR count). The molecule has 3 heterocycles. The molecule has 1 fully saturated rings. The Balaban J connectivity index is 1.43. The first-order valence-electron chi connectivity index (χ1n) is 12.0. The van der Waals surface area contributed by atoms with Crippen molar-refractivity contribution in [1.29, 1.82) is 0 Å². The van der Waals surface area contributed by atoms with Gasteiger partial charge in [0.25, 0.3) is 5.91 Å². The first-order valence-corrected chi connectivity index (χ1v) is 14.0. The summed E-state index contributed by atoms with van der Waals surface area (Å²) < 4.78 is 0. The number of thioether (sulfide) groups is 2. The van der Waals surface area contributed by atoms with Crippen molar-refractivity contribution in [3.05, 3.63) is 41.1 Å². The van der Waals surface area contributed by atoms with Crippen LogP contribution < -0.4 is 27.4 Å². The van der Waals surface area contributed by atoms with Crippen molar-refractivity contribution in [3.63, 3.8) is 0 Å². The van der Waals surface area contributed by atoms with E-state index < -0.39 is 52.6 Å². The maximum absolute atomic E-state index is 13.1. The number of H-pyrrole nitrogens is 1. The van der Waals surface area contributed by atoms with E-state index >= 15 is 0 Å². The van der Waals surface area contributed by atoms with Crippen LogP contribution in [0.15, 0.2) is 40.7 Å². The summed E-state index contributed by atoms with van der Waals surface area (Å²) in [6.45, 7) is 0.144. The van der Waals surface area contributed by atoms with E-state index in [0.29, 0.717) is 16.8 Å². The highest BCUT2D eigenvalue weighted by Gasteiger charge is 2.54. The van der Waals surface area contributed by atoms with Gasteiger partial charge in [-0.25, -0.2) is 14.4 Å². The lowest BCUT2D eigenvalue weighted by atomic mass is 10.00. The van der Waals surface area contributed by atoms with Crippen LogP contribution in [-0.2, 0) is 25.6 Å². The second-order valence-electron chi connectivity index (χ2n) is 8.85. The molecule has 19 heteroatoms. The fourth-order valence-corrected chi connectivity index (χ4v) is 6.76. The first kappa shape index (κ1) is 29.6. The monoisotopic (exact) mass is 606 g/mol. The predicted molar refractivity (Wildman–Crippen MR) is 145 cm³/mol. The number of amides is 4. The van der Waals surface area contributed by atoms with Gasteiger partial charge < -0.3 is 37.6 Å². The number of fused-ring (bicyclic) bond motifs is 1. The summed E-state index contributed by atoms with van der Waals surface area (Å²) in [4.78, 5) is 61.4. The molecule has 0 aliphatic carbocycles. The Bertz CT molecular complexity index is 1350. The SMILES string of the molecule is NC(=O)NCCC(Sc1nn[nH]n1)C1=C(C(=O)O)N2C(=O)C(NC(=O)Cc3ccc(NC(N)C(=O)O)cc3)[C@@H]2SC1. The van der Waals surface area contributed by atoms with E-state index in [9.17, 15) is 29.1 Å². The largest absolute Gasteiger partial charge is 0.479 e. The average Bonchev–Trinajstić information content (AvgIpc) is 3.44. The molecule has 1 aromatic heterocycles. The van der Waals surface area contributed by atoms with Crippen molar-refractivity contribution in [2.75, 3.05) is 17.6 Å². The van der Waals surface area contributed by atoms with Crippen molar-refractivity contribution in [2.45, 2.75) is 40.8 Å². The number of aromatic nitrogens is 4. The molecule has 4 amide bonds. The van der Waals surface area contributed by atoms with Crippen molar-refractivity contribution in [3.8, 4) is 0 Å². The number of nitrogens with zero attached hydrogens (tertiary/aromatic N) is 4. The summed E-state index contributed by atoms with van der Waals surface area (Å²) in [6, 6.07) is 4.74. The average molecular weight is 607 g/mol. The zero-order valence-corrected chi connectivity index (χ0v) is 22.8. The lowest BCUT2D eigenvalue weighted by Crippen LogP contribution is -2.70. The second kappa shape index (κ2) is 12.9. The minimum absolute atomic E-state index is 0.0599. The summed E-state index contributed by atoms with van der Waals surface area (Å²) in [5.74, 6) is -3.29. The molecule has 1 saturated heterocycles. The minimum Gasteiger partial charge on any atom is -0.479 e. The molecule has 2 aliphatic rings. The topological polar surface area (TPSA) is 272 Å². The van der Waals surface area contributed by atoms with E-state index in [1.165, 1.54) is 11.8 Å². The van der Waals surface area contributed by atoms with Crippen LogP contribution in [0.25, 0.3) is 0 Å². The number of urea groups is 1. The molecule has 41 heavy (non-hydrogen) atoms. The third-order valence-corrected chi connectivity index (χ3v) is 8.58. The molecule has 0 saturated carbocycles. The third-order valence-electron chi connectivity index (χ3n) is 6.09. The van der Waals surface area contributed by atoms with Crippen LogP contribution in [0.2, 0.25) is 0 Å². The number of carbonyl (C=O) groups excluding carboxylic acids is 3. The van der Waals surface area contributed by atoms with Gasteiger partial charge in [0.1, 0.15) is 17.1 Å². The van der Waals surface area contributed by atoms with Crippen LogP contribution in [0, 0.1) is 0 Å². The van der Waals surface area contributed by atoms with Crippen molar-refractivity contribution >= 4 is 59.0 Å². The van der Waals surface area contributed by atoms with Crippen LogP contribution >= 0.6 is 23.5 Å². The smallest absolute Gasteiger partial charge is 0.352 e. The maximum atomic E-state index is 13.1. The fraction of sp³-hybridized carbons (Fsp3) is 0.364. The van der Waals surface area contributed by atoms with Crippen LogP contribution in [-0.4, -0.2) is 101 Å². The lowest BCUT2D eigenvalue weighted by Gasteiger charge is -2.50. The van der Waals surface area contributed by atoms with E-state index in [-0.39, 0.29) is 36.0 Å². The number of aromatic amines is 1. The Morgan fingerprint density at radius 3 is 2.56 bits per heavy atom. The number of carboxylic acids is 2. The number of carboxylic acid groups (broad SMARTS) is 2. The number of aliphatic carboxylic acids is 2. The van der Waals surface area contributed by atoms with Gasteiger partial charge in [0.05, 0.1) is 6.42 Å². The Kier molecular flexibility index (Phi) is 9.30. The number of rotatable bonds is 13. The summed E-state index contributed by atoms with van der Waals surface area (Å²) >= 11 is 2.44. The number of carbonyl (C=O) groups is 5. The quantitative estimate of drug-likeness (QED) is 0.0731. The van der Waals surface area contributed by atoms with Crippen molar-refractivity contribution in [2.24, 2.45) is 11.5 Å². The van der Waals surface area contributed by atoms with Crippen LogP contribution in [0.3, 0.4) is 0 Å². The molecule has 0 spiro atoms. The van der Waals surface area contributed by atoms with Gasteiger partial charge in [-0.15, -0.1) is 22.0 Å². The lowest BCUT2D eigenvalue weighted by molar-refractivity contribution is -0.150. The van der Waals surface area contributed by atoms with E-state index in [1.807, 2.05) is 0 Å². The van der Waals surface area contributed by atoms with Gasteiger partial charge in [-0.3, -0.25) is 14.5 Å². The molecular formula is C22H26N10O7S2. The highest BCUT2D eigenvalue weighted by molar-refractivity contribution is 8.01. The molecule has 2 aromatic rings. The molecule has 218 valence electrons. The zero-order chi connectivity index (χ0) is 29.7. The number of β-lactam (4-membered cyclic amide) rings is 1. The van der Waals surface area contributed by atoms with E-state index in [1.54, 1.807) is 24.3 Å². The first-order chi connectivity index (χ1) is 19.5. The summed E-state index contributed by atoms with van der Waals surface area (Å²) in [5, 5.41) is 39.4. The molecule has 17 nitrogen and oxygen atoms in total. The van der Waals surface area contributed by atoms with Gasteiger partial charge in [0.15, 0.2) is 6.17 Å². The molecule has 2 aliphatic heterocycles. The predicted octanol–water partition coefficient (Wildman–Crippen LogP) is -1.52. The molecule has 4 atom stereocenters. The molecule has 10 N–H and O–H groups in total. The number of tetrazole rings is 1. The Morgan fingerprint density at radius 2 is 1.95 bits per heavy atom. The summed E-state index contributed by atoms with van der Waals surface area (Å²) in [6.07, 6.45) is -1.07. The molecule has 1 aromatic carbocycles. The second-order valence-corrected chi connectivity index (χ2v) is 11.1. The Morgan fingerprint density at radius 1 is 1.22 bits per heavy atom. The van der Waals surface area contributed by atoms with Crippen molar-refractivity contribution < 1.29 is 34.2 Å². The number of nitrogens with two attached hydrogens (primary N) is 2. The number of anilines is 1. The Labute approximate surface area is 240 Å². The van der Waals surface area contributed by atoms with E-state index in [0.717, 1.165) is 16.7 Å². The van der Waals surface area contributed by atoms with Gasteiger partial charge in [-0.05, 0) is 34.9 Å². The number of hydrogen-bond donors (Lipinski definition) is 8. The zero-order valence-electron chi connectivity index (χ0n) is 21.1. The molecule has 0 bridgehead atoms. The van der Waals surface area contributed by atoms with Gasteiger partial charge in [-0.2, -0.15) is 5.21 Å². The number of hydrogen-bond acceptors (Lipinski definition) is 12. The van der Waals surface area contributed by atoms with Gasteiger partial charge >= 0.3 is 18.0 Å². The fourth-order valence-electron chi connectivity index (χ4n) is 4.22. The number of primary amides is 1. The van der Waals surface area contributed by atoms with Crippen LogP contribution in [0.5, 0.6) is 0 Å².